The topological polar surface area (TPSA) is 94.1 Å². The van der Waals surface area contributed by atoms with Crippen molar-refractivity contribution in [1.82, 2.24) is 0 Å². The van der Waals surface area contributed by atoms with Crippen molar-refractivity contribution in [3.05, 3.63) is 85.1 Å². The zero-order valence-corrected chi connectivity index (χ0v) is 42.1. The molecule has 0 heterocycles. The van der Waals surface area contributed by atoms with Crippen LogP contribution >= 0.6 is 7.82 Å². The van der Waals surface area contributed by atoms with Crippen LogP contribution in [0.5, 0.6) is 0 Å². The van der Waals surface area contributed by atoms with Gasteiger partial charge in [0.15, 0.2) is 0 Å². The summed E-state index contributed by atoms with van der Waals surface area (Å²) in [5.41, 5.74) is 0. The number of carbonyl (C=O) groups excluding carboxylic acids is 1. The van der Waals surface area contributed by atoms with Crippen LogP contribution in [0, 0.1) is 0 Å². The Morgan fingerprint density at radius 1 is 0.508 bits per heavy atom. The van der Waals surface area contributed by atoms with E-state index < -0.39 is 13.9 Å². The van der Waals surface area contributed by atoms with Crippen molar-refractivity contribution in [2.45, 2.75) is 200 Å². The second-order valence-electron chi connectivity index (χ2n) is 17.8. The summed E-state index contributed by atoms with van der Waals surface area (Å²) in [4.78, 5) is 25.2. The average Bonchev–Trinajstić information content (AvgIpc) is 3.24. The number of unbranched alkanes of at least 4 members (excludes halogenated alkanes) is 18. The van der Waals surface area contributed by atoms with Crippen molar-refractivity contribution in [1.29, 1.82) is 0 Å². The molecule has 0 rings (SSSR count). The molecule has 2 unspecified atom stereocenters. The molecule has 0 amide bonds. The van der Waals surface area contributed by atoms with E-state index >= 15 is 0 Å². The van der Waals surface area contributed by atoms with Crippen LogP contribution in [0.4, 0.5) is 0 Å². The molecule has 0 aliphatic heterocycles. The highest BCUT2D eigenvalue weighted by atomic mass is 31.2. The smallest absolute Gasteiger partial charge is 0.306 e. The molecule has 63 heavy (non-hydrogen) atoms. The highest BCUT2D eigenvalue weighted by Gasteiger charge is 2.20. The number of phosphoric acid groups is 1. The SMILES string of the molecule is CC/C=C\C/C=C\C/C=C\C/C=C\C/C=C\CCCCCC(=O)OC(COCCCCCCCCCCCC/C=C\C/C=C\CCCCCCC)COP(=O)([O-])OCC[N+](C)(C)C. The number of esters is 1. The van der Waals surface area contributed by atoms with E-state index in [4.69, 9.17) is 18.5 Å². The van der Waals surface area contributed by atoms with Crippen molar-refractivity contribution >= 4 is 13.8 Å². The molecule has 0 saturated carbocycles. The minimum absolute atomic E-state index is 0.0144. The first-order chi connectivity index (χ1) is 30.6. The van der Waals surface area contributed by atoms with Crippen LogP contribution in [0.25, 0.3) is 0 Å². The number of likely N-dealkylation sites (N-methyl/N-ethyl adjacent to an activating group) is 1. The van der Waals surface area contributed by atoms with Gasteiger partial charge >= 0.3 is 5.97 Å². The van der Waals surface area contributed by atoms with Crippen LogP contribution in [0.15, 0.2) is 85.1 Å². The largest absolute Gasteiger partial charge is 0.756 e. The highest BCUT2D eigenvalue weighted by molar-refractivity contribution is 7.45. The Balaban J connectivity index is 4.23. The number of nitrogens with zero attached hydrogens (tertiary/aromatic N) is 1. The Kier molecular flexibility index (Phi) is 44.5. The standard InChI is InChI=1S/C54H96NO7P/c1-6-8-10-12-14-16-18-20-22-24-26-27-28-30-32-34-36-38-40-42-44-46-49-59-51-53(52-61-63(57,58)60-50-48-55(3,4)5)62-54(56)47-45-43-41-39-37-35-33-31-29-25-23-21-19-17-15-13-11-9-7-2/h9,11,15,17-18,20-21,23-24,26,29,31,35,37,53H,6-8,10,12-14,16,19,22,25,27-28,30,32-34,36,38-52H2,1-5H3/b11-9-,17-15-,20-18-,23-21-,26-24-,31-29-,37-35-. The molecule has 0 fully saturated rings. The predicted octanol–water partition coefficient (Wildman–Crippen LogP) is 15.0. The maximum Gasteiger partial charge on any atom is 0.306 e. The molecular weight excluding hydrogens is 806 g/mol. The van der Waals surface area contributed by atoms with Gasteiger partial charge in [-0.3, -0.25) is 9.36 Å². The number of rotatable bonds is 46. The second kappa shape index (κ2) is 46.2. The quantitative estimate of drug-likeness (QED) is 0.0197. The van der Waals surface area contributed by atoms with Crippen LogP contribution < -0.4 is 4.89 Å². The van der Waals surface area contributed by atoms with Gasteiger partial charge in [0.2, 0.25) is 0 Å². The molecule has 0 saturated heterocycles. The maximum absolute atomic E-state index is 12.7. The molecule has 0 radical (unpaired) electrons. The van der Waals surface area contributed by atoms with Crippen LogP contribution in [0.3, 0.4) is 0 Å². The number of phosphoric ester groups is 1. The first kappa shape index (κ1) is 60.7. The van der Waals surface area contributed by atoms with Crippen molar-refractivity contribution in [2.75, 3.05) is 54.1 Å². The van der Waals surface area contributed by atoms with E-state index in [1.165, 1.54) is 96.3 Å². The maximum atomic E-state index is 12.7. The monoisotopic (exact) mass is 902 g/mol. The van der Waals surface area contributed by atoms with Gasteiger partial charge in [-0.05, 0) is 89.9 Å². The number of allylic oxidation sites excluding steroid dienone is 14. The van der Waals surface area contributed by atoms with E-state index in [0.29, 0.717) is 24.1 Å². The summed E-state index contributed by atoms with van der Waals surface area (Å²) in [6.45, 7) is 5.23. The Morgan fingerprint density at radius 3 is 1.38 bits per heavy atom. The van der Waals surface area contributed by atoms with Gasteiger partial charge in [-0.2, -0.15) is 0 Å². The van der Waals surface area contributed by atoms with Gasteiger partial charge in [0.25, 0.3) is 7.82 Å². The van der Waals surface area contributed by atoms with E-state index in [0.717, 1.165) is 70.6 Å². The molecule has 0 bridgehead atoms. The van der Waals surface area contributed by atoms with Crippen molar-refractivity contribution < 1.29 is 37.3 Å². The molecule has 0 spiro atoms. The van der Waals surface area contributed by atoms with E-state index in [-0.39, 0.29) is 32.2 Å². The summed E-state index contributed by atoms with van der Waals surface area (Å²) in [7, 11) is 1.32. The summed E-state index contributed by atoms with van der Waals surface area (Å²) < 4.78 is 34.7. The van der Waals surface area contributed by atoms with Gasteiger partial charge < -0.3 is 27.9 Å². The number of hydrogen-bond donors (Lipinski definition) is 0. The third-order valence-corrected chi connectivity index (χ3v) is 11.4. The Labute approximate surface area is 388 Å². The third kappa shape index (κ3) is 50.5. The van der Waals surface area contributed by atoms with Crippen LogP contribution in [-0.2, 0) is 27.9 Å². The Bertz CT molecular complexity index is 1280. The van der Waals surface area contributed by atoms with Gasteiger partial charge in [0, 0.05) is 13.0 Å². The molecule has 0 aromatic carbocycles. The molecular formula is C54H96NO7P. The third-order valence-electron chi connectivity index (χ3n) is 10.4. The fraction of sp³-hybridized carbons (Fsp3) is 0.722. The number of ether oxygens (including phenoxy) is 2. The summed E-state index contributed by atoms with van der Waals surface area (Å²) >= 11 is 0. The predicted molar refractivity (Wildman–Crippen MR) is 268 cm³/mol. The minimum Gasteiger partial charge on any atom is -0.756 e. The summed E-state index contributed by atoms with van der Waals surface area (Å²) in [6.07, 6.45) is 61.8. The molecule has 9 heteroatoms. The van der Waals surface area contributed by atoms with E-state index in [1.807, 2.05) is 21.1 Å². The normalized spacial score (nSPS) is 14.3. The summed E-state index contributed by atoms with van der Waals surface area (Å²) in [6, 6.07) is 0. The van der Waals surface area contributed by atoms with Gasteiger partial charge in [-0.15, -0.1) is 0 Å². The molecule has 0 N–H and O–H groups in total. The lowest BCUT2D eigenvalue weighted by atomic mass is 10.1. The molecule has 0 aromatic rings. The average molecular weight is 902 g/mol. The number of hydrogen-bond acceptors (Lipinski definition) is 7. The first-order valence-corrected chi connectivity index (χ1v) is 26.8. The minimum atomic E-state index is -4.55. The number of carbonyl (C=O) groups is 1. The van der Waals surface area contributed by atoms with Gasteiger partial charge in [0.1, 0.15) is 19.3 Å². The zero-order valence-electron chi connectivity index (χ0n) is 41.2. The fourth-order valence-electron chi connectivity index (χ4n) is 6.54. The zero-order chi connectivity index (χ0) is 46.2. The first-order valence-electron chi connectivity index (χ1n) is 25.3. The Morgan fingerprint density at radius 2 is 0.921 bits per heavy atom. The number of quaternary nitrogens is 1. The molecule has 8 nitrogen and oxygen atoms in total. The summed E-state index contributed by atoms with van der Waals surface area (Å²) in [5, 5.41) is 0. The van der Waals surface area contributed by atoms with Crippen LogP contribution in [-0.4, -0.2) is 70.7 Å². The van der Waals surface area contributed by atoms with E-state index in [9.17, 15) is 14.3 Å². The molecule has 364 valence electrons. The van der Waals surface area contributed by atoms with Crippen molar-refractivity contribution in [2.24, 2.45) is 0 Å². The lowest BCUT2D eigenvalue weighted by molar-refractivity contribution is -0.870. The lowest BCUT2D eigenvalue weighted by Crippen LogP contribution is -2.37. The molecule has 0 aromatic heterocycles. The van der Waals surface area contributed by atoms with Gasteiger partial charge in [-0.25, -0.2) is 0 Å². The fourth-order valence-corrected chi connectivity index (χ4v) is 7.27. The highest BCUT2D eigenvalue weighted by Crippen LogP contribution is 2.38. The lowest BCUT2D eigenvalue weighted by Gasteiger charge is -2.28. The molecule has 0 aliphatic carbocycles. The Hall–Kier alpha value is -2.32. The van der Waals surface area contributed by atoms with Crippen molar-refractivity contribution in [3.63, 3.8) is 0 Å². The van der Waals surface area contributed by atoms with Gasteiger partial charge in [-0.1, -0.05) is 182 Å². The van der Waals surface area contributed by atoms with Crippen molar-refractivity contribution in [3.8, 4) is 0 Å². The molecule has 0 aliphatic rings. The summed E-state index contributed by atoms with van der Waals surface area (Å²) in [5.74, 6) is -0.368. The molecule has 2 atom stereocenters. The van der Waals surface area contributed by atoms with Crippen LogP contribution in [0.1, 0.15) is 194 Å². The van der Waals surface area contributed by atoms with E-state index in [2.05, 4.69) is 98.9 Å². The van der Waals surface area contributed by atoms with E-state index in [1.54, 1.807) is 0 Å². The van der Waals surface area contributed by atoms with Crippen LogP contribution in [0.2, 0.25) is 0 Å². The van der Waals surface area contributed by atoms with Gasteiger partial charge in [0.05, 0.1) is 34.4 Å². The second-order valence-corrected chi connectivity index (χ2v) is 19.2.